The Hall–Kier alpha value is -2.87. The van der Waals surface area contributed by atoms with Gasteiger partial charge in [0.1, 0.15) is 6.04 Å². The molecule has 1 aliphatic carbocycles. The van der Waals surface area contributed by atoms with Crippen molar-refractivity contribution >= 4 is 11.9 Å². The molecule has 1 unspecified atom stereocenters. The number of benzene rings is 1. The summed E-state index contributed by atoms with van der Waals surface area (Å²) in [6, 6.07) is 10.1. The molecule has 0 bridgehead atoms. The summed E-state index contributed by atoms with van der Waals surface area (Å²) < 4.78 is 2.15. The van der Waals surface area contributed by atoms with Gasteiger partial charge in [0.15, 0.2) is 0 Å². The van der Waals surface area contributed by atoms with Gasteiger partial charge in [-0.15, -0.1) is 0 Å². The molecule has 1 saturated heterocycles. The molecule has 1 aliphatic heterocycles. The largest absolute Gasteiger partial charge is 0.354 e. The fourth-order valence-electron chi connectivity index (χ4n) is 4.88. The van der Waals surface area contributed by atoms with Crippen LogP contribution in [0.1, 0.15) is 56.3 Å². The van der Waals surface area contributed by atoms with Crippen LogP contribution in [0.15, 0.2) is 42.9 Å². The van der Waals surface area contributed by atoms with Gasteiger partial charge in [-0.3, -0.25) is 4.79 Å². The molecule has 1 saturated carbocycles. The van der Waals surface area contributed by atoms with Gasteiger partial charge in [0.2, 0.25) is 5.91 Å². The normalized spacial score (nSPS) is 20.3. The zero-order valence-electron chi connectivity index (χ0n) is 19.5. The molecular formula is C25H36N6O2. The molecule has 0 radical (unpaired) electrons. The summed E-state index contributed by atoms with van der Waals surface area (Å²) >= 11 is 0. The lowest BCUT2D eigenvalue weighted by atomic mass is 9.96. The van der Waals surface area contributed by atoms with Crippen LogP contribution >= 0.6 is 0 Å². The third kappa shape index (κ3) is 5.93. The van der Waals surface area contributed by atoms with Crippen molar-refractivity contribution in [2.75, 3.05) is 26.2 Å². The highest BCUT2D eigenvalue weighted by molar-refractivity contribution is 5.87. The van der Waals surface area contributed by atoms with Crippen LogP contribution in [0, 0.1) is 0 Å². The average Bonchev–Trinajstić information content (AvgIpc) is 3.33. The molecule has 33 heavy (non-hydrogen) atoms. The van der Waals surface area contributed by atoms with Crippen molar-refractivity contribution in [3.63, 3.8) is 0 Å². The minimum Gasteiger partial charge on any atom is -0.354 e. The highest BCUT2D eigenvalue weighted by Crippen LogP contribution is 2.20. The molecule has 2 atom stereocenters. The van der Waals surface area contributed by atoms with Crippen LogP contribution in [-0.2, 0) is 11.2 Å². The monoisotopic (exact) mass is 452 g/mol. The van der Waals surface area contributed by atoms with Gasteiger partial charge >= 0.3 is 6.03 Å². The van der Waals surface area contributed by atoms with Gasteiger partial charge < -0.3 is 25.4 Å². The second kappa shape index (κ2) is 11.3. The molecule has 8 heteroatoms. The van der Waals surface area contributed by atoms with Crippen molar-refractivity contribution in [1.29, 1.82) is 0 Å². The lowest BCUT2D eigenvalue weighted by molar-refractivity contribution is -0.125. The minimum atomic E-state index is -0.490. The predicted octanol–water partition coefficient (Wildman–Crippen LogP) is 2.47. The number of nitrogens with zero attached hydrogens (tertiary/aromatic N) is 3. The fourth-order valence-corrected chi connectivity index (χ4v) is 4.88. The molecule has 1 aromatic heterocycles. The number of carbonyl (C=O) groups is 2. The van der Waals surface area contributed by atoms with Crippen molar-refractivity contribution in [3.05, 3.63) is 54.1 Å². The van der Waals surface area contributed by atoms with E-state index in [0.717, 1.165) is 31.4 Å². The first kappa shape index (κ1) is 23.3. The third-order valence-electron chi connectivity index (χ3n) is 6.87. The molecule has 8 nitrogen and oxygen atoms in total. The number of imidazole rings is 1. The second-order valence-corrected chi connectivity index (χ2v) is 9.12. The molecule has 3 amide bonds. The summed E-state index contributed by atoms with van der Waals surface area (Å²) in [6.07, 6.45) is 10.0. The van der Waals surface area contributed by atoms with Crippen LogP contribution < -0.4 is 16.0 Å². The number of aromatic nitrogens is 2. The van der Waals surface area contributed by atoms with Crippen LogP contribution in [-0.4, -0.2) is 64.7 Å². The van der Waals surface area contributed by atoms with E-state index >= 15 is 0 Å². The zero-order chi connectivity index (χ0) is 23.0. The second-order valence-electron chi connectivity index (χ2n) is 9.12. The topological polar surface area (TPSA) is 91.3 Å². The van der Waals surface area contributed by atoms with Gasteiger partial charge in [0, 0.05) is 50.5 Å². The maximum atomic E-state index is 13.0. The number of rotatable bonds is 7. The number of amides is 3. The molecule has 2 heterocycles. The predicted molar refractivity (Wildman–Crippen MR) is 128 cm³/mol. The van der Waals surface area contributed by atoms with Crippen molar-refractivity contribution < 1.29 is 9.59 Å². The van der Waals surface area contributed by atoms with E-state index in [2.05, 4.69) is 44.6 Å². The summed E-state index contributed by atoms with van der Waals surface area (Å²) in [4.78, 5) is 31.9. The number of piperazine rings is 1. The summed E-state index contributed by atoms with van der Waals surface area (Å²) in [5.74, 6) is -0.108. The molecular weight excluding hydrogens is 416 g/mol. The molecule has 1 aromatic carbocycles. The lowest BCUT2D eigenvalue weighted by Gasteiger charge is -2.36. The minimum absolute atomic E-state index is 0.108. The summed E-state index contributed by atoms with van der Waals surface area (Å²) in [6.45, 7) is 4.37. The Morgan fingerprint density at radius 1 is 1.18 bits per heavy atom. The van der Waals surface area contributed by atoms with Crippen LogP contribution in [0.3, 0.4) is 0 Å². The van der Waals surface area contributed by atoms with E-state index in [0.29, 0.717) is 32.6 Å². The number of carbonyl (C=O) groups excluding carboxylic acids is 2. The van der Waals surface area contributed by atoms with Crippen molar-refractivity contribution in [2.24, 2.45) is 0 Å². The SMILES string of the molecule is CC(c1ccccc1)n1cncc1CCNC(=O)[C@H]1CNCCN1C(=O)NC1CCCCC1. The summed E-state index contributed by atoms with van der Waals surface area (Å²) in [5, 5.41) is 9.45. The Labute approximate surface area is 196 Å². The molecule has 3 N–H and O–H groups in total. The Kier molecular flexibility index (Phi) is 7.99. The van der Waals surface area contributed by atoms with Gasteiger partial charge in [0.05, 0.1) is 12.4 Å². The smallest absolute Gasteiger partial charge is 0.318 e. The lowest BCUT2D eigenvalue weighted by Crippen LogP contribution is -2.62. The molecule has 2 aliphatic rings. The molecule has 4 rings (SSSR count). The molecule has 178 valence electrons. The highest BCUT2D eigenvalue weighted by Gasteiger charge is 2.33. The van der Waals surface area contributed by atoms with Gasteiger partial charge in [-0.25, -0.2) is 9.78 Å². The van der Waals surface area contributed by atoms with Gasteiger partial charge in [-0.05, 0) is 25.3 Å². The van der Waals surface area contributed by atoms with Gasteiger partial charge in [0.25, 0.3) is 0 Å². The Morgan fingerprint density at radius 2 is 1.97 bits per heavy atom. The van der Waals surface area contributed by atoms with Crippen LogP contribution in [0.25, 0.3) is 0 Å². The number of nitrogens with one attached hydrogen (secondary N) is 3. The van der Waals surface area contributed by atoms with Crippen molar-refractivity contribution in [3.8, 4) is 0 Å². The van der Waals surface area contributed by atoms with E-state index in [1.807, 2.05) is 30.7 Å². The molecule has 2 fully saturated rings. The quantitative estimate of drug-likeness (QED) is 0.602. The number of hydrogen-bond acceptors (Lipinski definition) is 4. The summed E-state index contributed by atoms with van der Waals surface area (Å²) in [7, 11) is 0. The van der Waals surface area contributed by atoms with Crippen molar-refractivity contribution in [2.45, 2.75) is 63.6 Å². The maximum absolute atomic E-state index is 13.0. The van der Waals surface area contributed by atoms with Crippen LogP contribution in [0.4, 0.5) is 4.79 Å². The van der Waals surface area contributed by atoms with E-state index in [1.165, 1.54) is 12.0 Å². The Bertz CT molecular complexity index is 909. The first-order chi connectivity index (χ1) is 16.1. The van der Waals surface area contributed by atoms with E-state index in [4.69, 9.17) is 0 Å². The molecule has 2 aromatic rings. The van der Waals surface area contributed by atoms with Crippen molar-refractivity contribution in [1.82, 2.24) is 30.4 Å². The maximum Gasteiger partial charge on any atom is 0.318 e. The van der Waals surface area contributed by atoms with E-state index in [1.54, 1.807) is 4.90 Å². The van der Waals surface area contributed by atoms with Gasteiger partial charge in [-0.2, -0.15) is 0 Å². The third-order valence-corrected chi connectivity index (χ3v) is 6.87. The highest BCUT2D eigenvalue weighted by atomic mass is 16.2. The van der Waals surface area contributed by atoms with Crippen LogP contribution in [0.5, 0.6) is 0 Å². The molecule has 0 spiro atoms. The first-order valence-electron chi connectivity index (χ1n) is 12.2. The number of urea groups is 1. The van der Waals surface area contributed by atoms with E-state index < -0.39 is 6.04 Å². The van der Waals surface area contributed by atoms with Crippen LogP contribution in [0.2, 0.25) is 0 Å². The zero-order valence-corrected chi connectivity index (χ0v) is 19.5. The van der Waals surface area contributed by atoms with Gasteiger partial charge in [-0.1, -0.05) is 49.6 Å². The Balaban J connectivity index is 1.31. The van der Waals surface area contributed by atoms with E-state index in [-0.39, 0.29) is 24.0 Å². The van der Waals surface area contributed by atoms with E-state index in [9.17, 15) is 9.59 Å². The number of hydrogen-bond donors (Lipinski definition) is 3. The Morgan fingerprint density at radius 3 is 2.76 bits per heavy atom. The first-order valence-corrected chi connectivity index (χ1v) is 12.2. The fraction of sp³-hybridized carbons (Fsp3) is 0.560. The standard InChI is InChI=1S/C25H36N6O2/c1-19(20-8-4-2-5-9-20)31-18-27-16-22(31)12-13-28-24(32)23-17-26-14-15-30(23)25(33)29-21-10-6-3-7-11-21/h2,4-5,8-9,16,18-19,21,23,26H,3,6-7,10-15,17H2,1H3,(H,28,32)(H,29,33)/t19?,23-/m1/s1. The average molecular weight is 453 g/mol. The summed E-state index contributed by atoms with van der Waals surface area (Å²) in [5.41, 5.74) is 2.29.